The number of nitrogens with one attached hydrogen (secondary N) is 1. The summed E-state index contributed by atoms with van der Waals surface area (Å²) in [5.74, 6) is 0.907. The summed E-state index contributed by atoms with van der Waals surface area (Å²) in [4.78, 5) is 27.7. The Kier molecular flexibility index (Phi) is 5.26. The average Bonchev–Trinajstić information content (AvgIpc) is 3.16. The van der Waals surface area contributed by atoms with Crippen LogP contribution in [0.15, 0.2) is 59.1 Å². The van der Waals surface area contributed by atoms with E-state index in [4.69, 9.17) is 4.42 Å². The van der Waals surface area contributed by atoms with Gasteiger partial charge in [-0.2, -0.15) is 0 Å². The molecule has 0 saturated carbocycles. The maximum Gasteiger partial charge on any atom is 0.293 e. The summed E-state index contributed by atoms with van der Waals surface area (Å²) in [5, 5.41) is 14.5. The Balaban J connectivity index is 1.81. The molecule has 2 aromatic carbocycles. The maximum absolute atomic E-state index is 12.5. The van der Waals surface area contributed by atoms with Crippen LogP contribution in [0.3, 0.4) is 0 Å². The van der Waals surface area contributed by atoms with Crippen molar-refractivity contribution in [2.24, 2.45) is 0 Å². The minimum Gasteiger partial charge on any atom is -0.443 e. The first-order chi connectivity index (χ1) is 13.3. The zero-order valence-corrected chi connectivity index (χ0v) is 15.9. The summed E-state index contributed by atoms with van der Waals surface area (Å²) in [6.45, 7) is 6.23. The van der Waals surface area contributed by atoms with Gasteiger partial charge in [-0.15, -0.1) is 0 Å². The van der Waals surface area contributed by atoms with Crippen LogP contribution in [0.1, 0.15) is 48.3 Å². The molecule has 0 aliphatic rings. The second-order valence-corrected chi connectivity index (χ2v) is 7.41. The molecule has 0 aliphatic heterocycles. The number of nitro benzene ring substituents is 1. The van der Waals surface area contributed by atoms with Crippen molar-refractivity contribution in [3.8, 4) is 0 Å². The highest BCUT2D eigenvalue weighted by molar-refractivity contribution is 6.09. The molecule has 28 heavy (non-hydrogen) atoms. The quantitative estimate of drug-likeness (QED) is 0.378. The summed E-state index contributed by atoms with van der Waals surface area (Å²) in [5.41, 5.74) is 0.688. The number of hydrogen-bond donors (Lipinski definition) is 1. The number of benzene rings is 2. The molecule has 0 unspecified atom stereocenters. The lowest BCUT2D eigenvalue weighted by atomic mass is 9.94. The van der Waals surface area contributed by atoms with Gasteiger partial charge in [0.05, 0.1) is 17.7 Å². The van der Waals surface area contributed by atoms with Crippen molar-refractivity contribution in [3.05, 3.63) is 87.6 Å². The van der Waals surface area contributed by atoms with Crippen LogP contribution >= 0.6 is 0 Å². The molecule has 0 fully saturated rings. The van der Waals surface area contributed by atoms with Gasteiger partial charge in [0.2, 0.25) is 5.89 Å². The summed E-state index contributed by atoms with van der Waals surface area (Å²) in [6, 6.07) is 13.0. The minimum absolute atomic E-state index is 0.170. The third-order valence-electron chi connectivity index (χ3n) is 4.22. The SMILES string of the molecule is CC(C)(C)c1cnc(CNc2ccc(C(=O)c3ccccc3)cc2[N+](=O)[O-])o1. The Morgan fingerprint density at radius 3 is 2.46 bits per heavy atom. The van der Waals surface area contributed by atoms with Crippen molar-refractivity contribution in [2.75, 3.05) is 5.32 Å². The molecule has 1 aromatic heterocycles. The van der Waals surface area contributed by atoms with Crippen molar-refractivity contribution < 1.29 is 14.1 Å². The van der Waals surface area contributed by atoms with Crippen LogP contribution in [0.4, 0.5) is 11.4 Å². The van der Waals surface area contributed by atoms with E-state index in [-0.39, 0.29) is 29.0 Å². The fraction of sp³-hybridized carbons (Fsp3) is 0.238. The molecule has 0 amide bonds. The number of anilines is 1. The van der Waals surface area contributed by atoms with Crippen LogP contribution in [0, 0.1) is 10.1 Å². The lowest BCUT2D eigenvalue weighted by Gasteiger charge is -2.13. The third kappa shape index (κ3) is 4.25. The molecule has 0 bridgehead atoms. The van der Waals surface area contributed by atoms with Crippen molar-refractivity contribution in [1.82, 2.24) is 4.98 Å². The molecule has 7 nitrogen and oxygen atoms in total. The highest BCUT2D eigenvalue weighted by Gasteiger charge is 2.21. The molecular formula is C21H21N3O4. The molecule has 144 valence electrons. The number of nitro groups is 1. The van der Waals surface area contributed by atoms with E-state index < -0.39 is 4.92 Å². The van der Waals surface area contributed by atoms with Gasteiger partial charge < -0.3 is 9.73 Å². The van der Waals surface area contributed by atoms with E-state index in [9.17, 15) is 14.9 Å². The van der Waals surface area contributed by atoms with Gasteiger partial charge in [0, 0.05) is 22.6 Å². The molecule has 3 aromatic rings. The highest BCUT2D eigenvalue weighted by Crippen LogP contribution is 2.28. The first-order valence-corrected chi connectivity index (χ1v) is 8.83. The smallest absolute Gasteiger partial charge is 0.293 e. The van der Waals surface area contributed by atoms with Gasteiger partial charge in [0.1, 0.15) is 11.4 Å². The Labute approximate surface area is 162 Å². The van der Waals surface area contributed by atoms with Crippen LogP contribution in [0.2, 0.25) is 0 Å². The summed E-state index contributed by atoms with van der Waals surface area (Å²) in [6.07, 6.45) is 1.66. The first kappa shape index (κ1) is 19.3. The zero-order chi connectivity index (χ0) is 20.3. The number of carbonyl (C=O) groups excluding carboxylic acids is 1. The predicted octanol–water partition coefficient (Wildman–Crippen LogP) is 4.72. The molecule has 0 aliphatic carbocycles. The molecule has 0 atom stereocenters. The molecule has 0 spiro atoms. The fourth-order valence-corrected chi connectivity index (χ4v) is 2.64. The molecular weight excluding hydrogens is 358 g/mol. The fourth-order valence-electron chi connectivity index (χ4n) is 2.64. The normalized spacial score (nSPS) is 11.2. The number of ketones is 1. The lowest BCUT2D eigenvalue weighted by Crippen LogP contribution is -2.09. The van der Waals surface area contributed by atoms with E-state index in [0.717, 1.165) is 5.76 Å². The van der Waals surface area contributed by atoms with Crippen molar-refractivity contribution >= 4 is 17.2 Å². The standard InChI is InChI=1S/C21H21N3O4/c1-21(2,3)18-12-23-19(28-18)13-22-16-10-9-15(11-17(16)24(26)27)20(25)14-7-5-4-6-8-14/h4-12,22H,13H2,1-3H3. The van der Waals surface area contributed by atoms with Crippen LogP contribution < -0.4 is 5.32 Å². The van der Waals surface area contributed by atoms with E-state index >= 15 is 0 Å². The molecule has 0 radical (unpaired) electrons. The largest absolute Gasteiger partial charge is 0.443 e. The number of oxazole rings is 1. The minimum atomic E-state index is -0.514. The van der Waals surface area contributed by atoms with Crippen LogP contribution in [-0.4, -0.2) is 15.7 Å². The van der Waals surface area contributed by atoms with Gasteiger partial charge in [-0.3, -0.25) is 14.9 Å². The summed E-state index contributed by atoms with van der Waals surface area (Å²) in [7, 11) is 0. The van der Waals surface area contributed by atoms with E-state index in [1.54, 1.807) is 42.6 Å². The molecule has 3 rings (SSSR count). The molecule has 7 heteroatoms. The topological polar surface area (TPSA) is 98.3 Å². The third-order valence-corrected chi connectivity index (χ3v) is 4.22. The van der Waals surface area contributed by atoms with Crippen molar-refractivity contribution in [3.63, 3.8) is 0 Å². The van der Waals surface area contributed by atoms with Crippen LogP contribution in [0.25, 0.3) is 0 Å². The number of rotatable bonds is 6. The van der Waals surface area contributed by atoms with Crippen molar-refractivity contribution in [1.29, 1.82) is 0 Å². The van der Waals surface area contributed by atoms with Gasteiger partial charge >= 0.3 is 0 Å². The van der Waals surface area contributed by atoms with Gasteiger partial charge in [-0.25, -0.2) is 4.98 Å². The molecule has 1 N–H and O–H groups in total. The van der Waals surface area contributed by atoms with E-state index in [2.05, 4.69) is 10.3 Å². The van der Waals surface area contributed by atoms with Gasteiger partial charge in [-0.05, 0) is 12.1 Å². The Morgan fingerprint density at radius 2 is 1.86 bits per heavy atom. The Hall–Kier alpha value is -3.48. The Morgan fingerprint density at radius 1 is 1.14 bits per heavy atom. The van der Waals surface area contributed by atoms with Crippen LogP contribution in [-0.2, 0) is 12.0 Å². The average molecular weight is 379 g/mol. The number of carbonyl (C=O) groups is 1. The predicted molar refractivity (Wildman–Crippen MR) is 106 cm³/mol. The van der Waals surface area contributed by atoms with Gasteiger partial charge in [0.15, 0.2) is 5.78 Å². The van der Waals surface area contributed by atoms with E-state index in [1.165, 1.54) is 12.1 Å². The van der Waals surface area contributed by atoms with E-state index in [1.807, 2.05) is 20.8 Å². The monoisotopic (exact) mass is 379 g/mol. The number of hydrogen-bond acceptors (Lipinski definition) is 6. The number of aromatic nitrogens is 1. The van der Waals surface area contributed by atoms with Gasteiger partial charge in [0.25, 0.3) is 5.69 Å². The second-order valence-electron chi connectivity index (χ2n) is 7.41. The van der Waals surface area contributed by atoms with Gasteiger partial charge in [-0.1, -0.05) is 51.1 Å². The molecule has 1 heterocycles. The second kappa shape index (κ2) is 7.64. The Bertz CT molecular complexity index is 1000. The summed E-state index contributed by atoms with van der Waals surface area (Å²) >= 11 is 0. The first-order valence-electron chi connectivity index (χ1n) is 8.83. The van der Waals surface area contributed by atoms with Crippen molar-refractivity contribution in [2.45, 2.75) is 32.7 Å². The highest BCUT2D eigenvalue weighted by atomic mass is 16.6. The molecule has 0 saturated heterocycles. The number of nitrogens with zero attached hydrogens (tertiary/aromatic N) is 2. The zero-order valence-electron chi connectivity index (χ0n) is 15.9. The van der Waals surface area contributed by atoms with Crippen LogP contribution in [0.5, 0.6) is 0 Å². The lowest BCUT2D eigenvalue weighted by molar-refractivity contribution is -0.384. The van der Waals surface area contributed by atoms with E-state index in [0.29, 0.717) is 17.1 Å². The summed E-state index contributed by atoms with van der Waals surface area (Å²) < 4.78 is 5.69. The maximum atomic E-state index is 12.5.